The number of halogens is 1. The maximum absolute atomic E-state index is 12.0. The lowest BCUT2D eigenvalue weighted by Gasteiger charge is -2.12. The molecule has 2 aromatic rings. The maximum atomic E-state index is 12.0. The number of hydrogen-bond acceptors (Lipinski definition) is 3. The van der Waals surface area contributed by atoms with Crippen molar-refractivity contribution in [2.24, 2.45) is 0 Å². The zero-order valence-electron chi connectivity index (χ0n) is 10.1. The molecule has 0 aliphatic heterocycles. The lowest BCUT2D eigenvalue weighted by atomic mass is 10.2. The molecule has 0 saturated carbocycles. The molecule has 94 valence electrons. The number of aryl methyl sites for hydroxylation is 1. The average Bonchev–Trinajstić information content (AvgIpc) is 2.76. The fourth-order valence-electron chi connectivity index (χ4n) is 1.58. The van der Waals surface area contributed by atoms with E-state index in [0.717, 1.165) is 4.88 Å². The van der Waals surface area contributed by atoms with Crippen LogP contribution in [0, 0.1) is 6.92 Å². The van der Waals surface area contributed by atoms with E-state index in [9.17, 15) is 4.79 Å². The van der Waals surface area contributed by atoms with Gasteiger partial charge in [0.15, 0.2) is 0 Å². The Balaban J connectivity index is 2.10. The smallest absolute Gasteiger partial charge is 0.254 e. The molecular formula is C13H13ClN2OS. The first-order chi connectivity index (χ1) is 8.58. The van der Waals surface area contributed by atoms with E-state index in [2.05, 4.69) is 10.3 Å². The van der Waals surface area contributed by atoms with E-state index in [1.807, 2.05) is 26.0 Å². The summed E-state index contributed by atoms with van der Waals surface area (Å²) in [5.41, 5.74) is 0.402. The van der Waals surface area contributed by atoms with Crippen molar-refractivity contribution in [1.29, 1.82) is 0 Å². The van der Waals surface area contributed by atoms with Crippen LogP contribution in [0.3, 0.4) is 0 Å². The first kappa shape index (κ1) is 13.1. The second-order valence-electron chi connectivity index (χ2n) is 4.00. The SMILES string of the molecule is Cc1ccc(C(C)NC(=O)c2cnccc2Cl)s1. The summed E-state index contributed by atoms with van der Waals surface area (Å²) < 4.78 is 0. The van der Waals surface area contributed by atoms with Crippen LogP contribution in [0.4, 0.5) is 0 Å². The molecule has 0 fully saturated rings. The van der Waals surface area contributed by atoms with Crippen LogP contribution in [0.2, 0.25) is 5.02 Å². The average molecular weight is 281 g/mol. The lowest BCUT2D eigenvalue weighted by Crippen LogP contribution is -2.26. The number of amides is 1. The van der Waals surface area contributed by atoms with Gasteiger partial charge in [0, 0.05) is 22.1 Å². The van der Waals surface area contributed by atoms with Crippen molar-refractivity contribution in [2.45, 2.75) is 19.9 Å². The van der Waals surface area contributed by atoms with E-state index in [1.54, 1.807) is 23.6 Å². The van der Waals surface area contributed by atoms with Crippen molar-refractivity contribution in [2.75, 3.05) is 0 Å². The Kier molecular flexibility index (Phi) is 3.99. The Morgan fingerprint density at radius 2 is 2.22 bits per heavy atom. The predicted molar refractivity (Wildman–Crippen MR) is 74.2 cm³/mol. The standard InChI is InChI=1S/C13H13ClN2OS/c1-8-3-4-12(18-8)9(2)16-13(17)10-7-15-6-5-11(10)14/h3-7,9H,1-2H3,(H,16,17). The summed E-state index contributed by atoms with van der Waals surface area (Å²) in [5, 5.41) is 3.33. The number of rotatable bonds is 3. The summed E-state index contributed by atoms with van der Waals surface area (Å²) in [6, 6.07) is 5.64. The molecule has 2 rings (SSSR count). The Morgan fingerprint density at radius 3 is 2.83 bits per heavy atom. The second-order valence-corrected chi connectivity index (χ2v) is 5.73. The number of carbonyl (C=O) groups is 1. The van der Waals surface area contributed by atoms with Crippen LogP contribution >= 0.6 is 22.9 Å². The summed E-state index contributed by atoms with van der Waals surface area (Å²) in [6.07, 6.45) is 3.04. The predicted octanol–water partition coefficient (Wildman–Crippen LogP) is 3.60. The summed E-state index contributed by atoms with van der Waals surface area (Å²) in [5.74, 6) is -0.202. The molecule has 1 amide bonds. The number of nitrogens with one attached hydrogen (secondary N) is 1. The Labute approximate surface area is 115 Å². The van der Waals surface area contributed by atoms with Crippen molar-refractivity contribution in [3.05, 3.63) is 50.9 Å². The highest BCUT2D eigenvalue weighted by Gasteiger charge is 2.15. The number of pyridine rings is 1. The quantitative estimate of drug-likeness (QED) is 0.933. The largest absolute Gasteiger partial charge is 0.345 e. The molecule has 18 heavy (non-hydrogen) atoms. The zero-order valence-corrected chi connectivity index (χ0v) is 11.7. The monoisotopic (exact) mass is 280 g/mol. The molecule has 0 bridgehead atoms. The van der Waals surface area contributed by atoms with Gasteiger partial charge >= 0.3 is 0 Å². The van der Waals surface area contributed by atoms with E-state index in [4.69, 9.17) is 11.6 Å². The highest BCUT2D eigenvalue weighted by atomic mass is 35.5. The van der Waals surface area contributed by atoms with Crippen LogP contribution in [-0.4, -0.2) is 10.9 Å². The van der Waals surface area contributed by atoms with Gasteiger partial charge in [0.25, 0.3) is 5.91 Å². The summed E-state index contributed by atoms with van der Waals surface area (Å²) in [6.45, 7) is 3.99. The van der Waals surface area contributed by atoms with Gasteiger partial charge in [0.1, 0.15) is 0 Å². The third-order valence-corrected chi connectivity index (χ3v) is 4.06. The Bertz CT molecular complexity index is 568. The topological polar surface area (TPSA) is 42.0 Å². The van der Waals surface area contributed by atoms with Crippen LogP contribution in [-0.2, 0) is 0 Å². The number of nitrogens with zero attached hydrogens (tertiary/aromatic N) is 1. The minimum absolute atomic E-state index is 0.0347. The summed E-state index contributed by atoms with van der Waals surface area (Å²) >= 11 is 7.63. The Morgan fingerprint density at radius 1 is 1.44 bits per heavy atom. The van der Waals surface area contributed by atoms with E-state index < -0.39 is 0 Å². The van der Waals surface area contributed by atoms with Crippen molar-refractivity contribution in [3.8, 4) is 0 Å². The number of hydrogen-bond donors (Lipinski definition) is 1. The molecule has 0 aromatic carbocycles. The van der Waals surface area contributed by atoms with Crippen molar-refractivity contribution in [3.63, 3.8) is 0 Å². The molecule has 0 aliphatic rings. The molecule has 2 aromatic heterocycles. The molecule has 1 atom stereocenters. The van der Waals surface area contributed by atoms with Gasteiger partial charge in [0.2, 0.25) is 0 Å². The molecular weight excluding hydrogens is 268 g/mol. The fraction of sp³-hybridized carbons (Fsp3) is 0.231. The molecule has 2 heterocycles. The zero-order chi connectivity index (χ0) is 13.1. The highest BCUT2D eigenvalue weighted by molar-refractivity contribution is 7.12. The van der Waals surface area contributed by atoms with Crippen molar-refractivity contribution < 1.29 is 4.79 Å². The number of carbonyl (C=O) groups excluding carboxylic acids is 1. The molecule has 5 heteroatoms. The second kappa shape index (κ2) is 5.50. The van der Waals surface area contributed by atoms with Crippen LogP contribution in [0.15, 0.2) is 30.6 Å². The van der Waals surface area contributed by atoms with E-state index >= 15 is 0 Å². The lowest BCUT2D eigenvalue weighted by molar-refractivity contribution is 0.0940. The van der Waals surface area contributed by atoms with Gasteiger partial charge in [-0.1, -0.05) is 11.6 Å². The van der Waals surface area contributed by atoms with Crippen molar-refractivity contribution in [1.82, 2.24) is 10.3 Å². The molecule has 0 spiro atoms. The van der Waals surface area contributed by atoms with E-state index in [-0.39, 0.29) is 11.9 Å². The molecule has 0 aliphatic carbocycles. The molecule has 3 nitrogen and oxygen atoms in total. The van der Waals surface area contributed by atoms with Gasteiger partial charge in [0.05, 0.1) is 16.6 Å². The van der Waals surface area contributed by atoms with Gasteiger partial charge in [-0.3, -0.25) is 9.78 Å². The third kappa shape index (κ3) is 2.89. The number of aromatic nitrogens is 1. The molecule has 1 unspecified atom stereocenters. The van der Waals surface area contributed by atoms with Crippen LogP contribution in [0.1, 0.15) is 33.1 Å². The molecule has 0 radical (unpaired) electrons. The van der Waals surface area contributed by atoms with Crippen molar-refractivity contribution >= 4 is 28.8 Å². The maximum Gasteiger partial charge on any atom is 0.254 e. The number of thiophene rings is 1. The summed E-state index contributed by atoms with van der Waals surface area (Å²) in [7, 11) is 0. The Hall–Kier alpha value is -1.39. The normalized spacial score (nSPS) is 12.2. The van der Waals surface area contributed by atoms with Gasteiger partial charge < -0.3 is 5.32 Å². The van der Waals surface area contributed by atoms with Gasteiger partial charge in [-0.2, -0.15) is 0 Å². The first-order valence-electron chi connectivity index (χ1n) is 5.54. The van der Waals surface area contributed by atoms with Gasteiger partial charge in [-0.25, -0.2) is 0 Å². The minimum atomic E-state index is -0.202. The van der Waals surface area contributed by atoms with E-state index in [0.29, 0.717) is 10.6 Å². The molecule has 1 N–H and O–H groups in total. The third-order valence-electron chi connectivity index (χ3n) is 2.55. The van der Waals surface area contributed by atoms with Crippen LogP contribution in [0.5, 0.6) is 0 Å². The fourth-order valence-corrected chi connectivity index (χ4v) is 2.65. The minimum Gasteiger partial charge on any atom is -0.345 e. The van der Waals surface area contributed by atoms with Gasteiger partial charge in [-0.05, 0) is 32.0 Å². The first-order valence-corrected chi connectivity index (χ1v) is 6.74. The van der Waals surface area contributed by atoms with Crippen LogP contribution < -0.4 is 5.32 Å². The van der Waals surface area contributed by atoms with E-state index in [1.165, 1.54) is 11.1 Å². The van der Waals surface area contributed by atoms with Crippen LogP contribution in [0.25, 0.3) is 0 Å². The summed E-state index contributed by atoms with van der Waals surface area (Å²) in [4.78, 5) is 18.3. The van der Waals surface area contributed by atoms with Gasteiger partial charge in [-0.15, -0.1) is 11.3 Å². The highest BCUT2D eigenvalue weighted by Crippen LogP contribution is 2.23. The molecule has 0 saturated heterocycles.